The number of sulfonamides is 1. The third kappa shape index (κ3) is 5.79. The van der Waals surface area contributed by atoms with Crippen molar-refractivity contribution in [3.05, 3.63) is 65.7 Å². The highest BCUT2D eigenvalue weighted by Gasteiger charge is 2.18. The molecule has 142 valence electrons. The molecule has 0 aliphatic heterocycles. The molecule has 0 N–H and O–H groups in total. The molecule has 0 heterocycles. The van der Waals surface area contributed by atoms with E-state index in [2.05, 4.69) is 4.40 Å². The molecule has 6 nitrogen and oxygen atoms in total. The molecule has 0 radical (unpaired) electrons. The third-order valence-electron chi connectivity index (χ3n) is 3.57. The number of hydrogen-bond acceptors (Lipinski definition) is 5. The minimum Gasteiger partial charge on any atom is -0.497 e. The molecule has 0 unspecified atom stereocenters. The molecular formula is C20H21NO5S. The van der Waals surface area contributed by atoms with E-state index in [0.29, 0.717) is 5.75 Å². The van der Waals surface area contributed by atoms with Gasteiger partial charge in [-0.1, -0.05) is 35.9 Å². The molecule has 0 aromatic heterocycles. The summed E-state index contributed by atoms with van der Waals surface area (Å²) in [5.74, 6) is -0.119. The van der Waals surface area contributed by atoms with E-state index in [1.54, 1.807) is 56.5 Å². The first-order chi connectivity index (χ1) is 12.9. The Balaban J connectivity index is 2.37. The fourth-order valence-electron chi connectivity index (χ4n) is 2.12. The van der Waals surface area contributed by atoms with Crippen molar-refractivity contribution in [3.63, 3.8) is 0 Å². The minimum atomic E-state index is -4.04. The zero-order valence-corrected chi connectivity index (χ0v) is 16.2. The van der Waals surface area contributed by atoms with Gasteiger partial charge in [0.2, 0.25) is 0 Å². The summed E-state index contributed by atoms with van der Waals surface area (Å²) < 4.78 is 38.7. The molecule has 2 rings (SSSR count). The predicted octanol–water partition coefficient (Wildman–Crippen LogP) is 3.41. The molecule has 0 bridgehead atoms. The Labute approximate surface area is 159 Å². The number of benzene rings is 2. The Hall–Kier alpha value is -2.93. The van der Waals surface area contributed by atoms with Crippen molar-refractivity contribution in [2.75, 3.05) is 13.7 Å². The zero-order valence-electron chi connectivity index (χ0n) is 15.4. The van der Waals surface area contributed by atoms with Gasteiger partial charge in [0.25, 0.3) is 10.0 Å². The smallest absolute Gasteiger partial charge is 0.357 e. The van der Waals surface area contributed by atoms with Crippen LogP contribution in [-0.4, -0.2) is 33.8 Å². The molecule has 0 aliphatic carbocycles. The van der Waals surface area contributed by atoms with E-state index in [0.717, 1.165) is 11.1 Å². The number of esters is 1. The van der Waals surface area contributed by atoms with Gasteiger partial charge < -0.3 is 9.47 Å². The van der Waals surface area contributed by atoms with Crippen molar-refractivity contribution < 1.29 is 22.7 Å². The molecule has 0 spiro atoms. The van der Waals surface area contributed by atoms with E-state index < -0.39 is 16.0 Å². The van der Waals surface area contributed by atoms with Crippen molar-refractivity contribution in [2.24, 2.45) is 4.40 Å². The van der Waals surface area contributed by atoms with Gasteiger partial charge in [-0.05, 0) is 49.8 Å². The van der Waals surface area contributed by atoms with Gasteiger partial charge in [-0.2, -0.15) is 12.8 Å². The maximum Gasteiger partial charge on any atom is 0.357 e. The second-order valence-electron chi connectivity index (χ2n) is 5.59. The first kappa shape index (κ1) is 20.4. The monoisotopic (exact) mass is 387 g/mol. The number of nitrogens with zero attached hydrogens (tertiary/aromatic N) is 1. The Morgan fingerprint density at radius 2 is 1.70 bits per heavy atom. The molecular weight excluding hydrogens is 366 g/mol. The van der Waals surface area contributed by atoms with Crippen LogP contribution in [0.4, 0.5) is 0 Å². The molecule has 2 aromatic rings. The van der Waals surface area contributed by atoms with Crippen LogP contribution < -0.4 is 4.74 Å². The Morgan fingerprint density at radius 3 is 2.26 bits per heavy atom. The Bertz CT molecular complexity index is 943. The van der Waals surface area contributed by atoms with E-state index in [1.165, 1.54) is 18.2 Å². The molecule has 0 atom stereocenters. The van der Waals surface area contributed by atoms with Gasteiger partial charge in [-0.3, -0.25) is 0 Å². The van der Waals surface area contributed by atoms with Crippen LogP contribution in [0, 0.1) is 6.92 Å². The highest BCUT2D eigenvalue weighted by atomic mass is 32.2. The number of methoxy groups -OCH3 is 1. The first-order valence-electron chi connectivity index (χ1n) is 8.26. The fraction of sp³-hybridized carbons (Fsp3) is 0.200. The van der Waals surface area contributed by atoms with Crippen molar-refractivity contribution in [2.45, 2.75) is 18.7 Å². The second kappa shape index (κ2) is 9.14. The van der Waals surface area contributed by atoms with Crippen LogP contribution in [-0.2, 0) is 19.6 Å². The average molecular weight is 387 g/mol. The van der Waals surface area contributed by atoms with Gasteiger partial charge in [0, 0.05) is 0 Å². The highest BCUT2D eigenvalue weighted by Crippen LogP contribution is 2.15. The average Bonchev–Trinajstić information content (AvgIpc) is 2.66. The van der Waals surface area contributed by atoms with Crippen molar-refractivity contribution in [1.29, 1.82) is 0 Å². The van der Waals surface area contributed by atoms with Gasteiger partial charge in [-0.15, -0.1) is 0 Å². The summed E-state index contributed by atoms with van der Waals surface area (Å²) in [6.45, 7) is 3.59. The molecule has 2 aromatic carbocycles. The lowest BCUT2D eigenvalue weighted by Crippen LogP contribution is -2.17. The predicted molar refractivity (Wildman–Crippen MR) is 104 cm³/mol. The summed E-state index contributed by atoms with van der Waals surface area (Å²) in [5.41, 5.74) is 1.37. The third-order valence-corrected chi connectivity index (χ3v) is 4.88. The van der Waals surface area contributed by atoms with E-state index in [-0.39, 0.29) is 17.2 Å². The summed E-state index contributed by atoms with van der Waals surface area (Å²) in [4.78, 5) is 12.1. The van der Waals surface area contributed by atoms with E-state index >= 15 is 0 Å². The van der Waals surface area contributed by atoms with Crippen LogP contribution in [0.3, 0.4) is 0 Å². The number of carbonyl (C=O) groups is 1. The molecule has 0 saturated carbocycles. The summed E-state index contributed by atoms with van der Waals surface area (Å²) in [7, 11) is -2.48. The number of hydrogen-bond donors (Lipinski definition) is 0. The highest BCUT2D eigenvalue weighted by molar-refractivity contribution is 7.90. The number of ether oxygens (including phenoxy) is 2. The summed E-state index contributed by atoms with van der Waals surface area (Å²) in [6.07, 6.45) is 2.91. The number of carbonyl (C=O) groups excluding carboxylic acids is 1. The van der Waals surface area contributed by atoms with Gasteiger partial charge in [-0.25, -0.2) is 4.79 Å². The van der Waals surface area contributed by atoms with Crippen LogP contribution in [0.25, 0.3) is 6.08 Å². The van der Waals surface area contributed by atoms with Gasteiger partial charge >= 0.3 is 5.97 Å². The first-order valence-corrected chi connectivity index (χ1v) is 9.70. The normalized spacial score (nSPS) is 12.2. The largest absolute Gasteiger partial charge is 0.497 e. The lowest BCUT2D eigenvalue weighted by Gasteiger charge is -2.04. The molecule has 0 saturated heterocycles. The molecule has 0 fully saturated rings. The summed E-state index contributed by atoms with van der Waals surface area (Å²) >= 11 is 0. The summed E-state index contributed by atoms with van der Waals surface area (Å²) in [6, 6.07) is 13.3. The van der Waals surface area contributed by atoms with Crippen LogP contribution in [0.5, 0.6) is 5.75 Å². The molecule has 0 amide bonds. The second-order valence-corrected chi connectivity index (χ2v) is 7.20. The lowest BCUT2D eigenvalue weighted by molar-refractivity contribution is -0.134. The quantitative estimate of drug-likeness (QED) is 0.537. The van der Waals surface area contributed by atoms with Crippen molar-refractivity contribution >= 4 is 27.8 Å². The minimum absolute atomic E-state index is 0.00717. The fourth-order valence-corrected chi connectivity index (χ4v) is 3.10. The van der Waals surface area contributed by atoms with Crippen molar-refractivity contribution in [3.8, 4) is 5.75 Å². The maximum absolute atomic E-state index is 12.5. The summed E-state index contributed by atoms with van der Waals surface area (Å²) in [5, 5.41) is 0. The maximum atomic E-state index is 12.5. The van der Waals surface area contributed by atoms with Crippen molar-refractivity contribution in [1.82, 2.24) is 0 Å². The lowest BCUT2D eigenvalue weighted by atomic mass is 10.2. The van der Waals surface area contributed by atoms with Crippen LogP contribution >= 0.6 is 0 Å². The van der Waals surface area contributed by atoms with Crippen LogP contribution in [0.2, 0.25) is 0 Å². The Morgan fingerprint density at radius 1 is 1.07 bits per heavy atom. The molecule has 0 aliphatic rings. The van der Waals surface area contributed by atoms with Crippen LogP contribution in [0.15, 0.2) is 63.9 Å². The zero-order chi connectivity index (χ0) is 19.9. The topological polar surface area (TPSA) is 82.0 Å². The Kier molecular flexibility index (Phi) is 6.90. The van der Waals surface area contributed by atoms with E-state index in [4.69, 9.17) is 9.47 Å². The molecule has 27 heavy (non-hydrogen) atoms. The standard InChI is InChI=1S/C20H21NO5S/c1-4-26-20(22)19(14-9-16-7-10-17(25-3)11-8-16)21-27(23,24)18-12-5-15(2)6-13-18/h5-14H,4H2,1-3H3/b14-9+,21-19-. The van der Waals surface area contributed by atoms with Gasteiger partial charge in [0.05, 0.1) is 18.6 Å². The van der Waals surface area contributed by atoms with Crippen LogP contribution in [0.1, 0.15) is 18.1 Å². The number of rotatable bonds is 7. The van der Waals surface area contributed by atoms with Gasteiger partial charge in [0.15, 0.2) is 5.71 Å². The van der Waals surface area contributed by atoms with Gasteiger partial charge in [0.1, 0.15) is 5.75 Å². The van der Waals surface area contributed by atoms with E-state index in [9.17, 15) is 13.2 Å². The van der Waals surface area contributed by atoms with E-state index in [1.807, 2.05) is 6.92 Å². The SMILES string of the molecule is CCOC(=O)C(/C=C/c1ccc(OC)cc1)=N\S(=O)(=O)c1ccc(C)cc1. The number of aryl methyl sites for hydroxylation is 1. The molecule has 7 heteroatoms.